The van der Waals surface area contributed by atoms with Gasteiger partial charge in [0.05, 0.1) is 17.0 Å². The molecule has 0 saturated carbocycles. The van der Waals surface area contributed by atoms with Crippen molar-refractivity contribution >= 4 is 27.3 Å². The predicted molar refractivity (Wildman–Crippen MR) is 139 cm³/mol. The molecule has 184 valence electrons. The Bertz CT molecular complexity index is 1300. The Morgan fingerprint density at radius 3 is 2.31 bits per heavy atom. The quantitative estimate of drug-likeness (QED) is 0.523. The van der Waals surface area contributed by atoms with Gasteiger partial charge in [0.2, 0.25) is 15.9 Å². The van der Waals surface area contributed by atoms with Crippen molar-refractivity contribution < 1.29 is 13.2 Å². The van der Waals surface area contributed by atoms with Gasteiger partial charge in [-0.2, -0.15) is 4.31 Å². The van der Waals surface area contributed by atoms with E-state index in [0.717, 1.165) is 13.0 Å². The molecule has 5 rings (SSSR count). The Hall–Kier alpha value is -2.52. The third-order valence-electron chi connectivity index (χ3n) is 7.27. The summed E-state index contributed by atoms with van der Waals surface area (Å²) >= 11 is 1.80. The van der Waals surface area contributed by atoms with Crippen LogP contribution in [-0.4, -0.2) is 67.2 Å². The average Bonchev–Trinajstić information content (AvgIpc) is 3.37. The third-order valence-corrected chi connectivity index (χ3v) is 10.2. The van der Waals surface area contributed by atoms with E-state index in [-0.39, 0.29) is 18.0 Å². The zero-order valence-electron chi connectivity index (χ0n) is 20.1. The van der Waals surface area contributed by atoms with Gasteiger partial charge in [-0.05, 0) is 60.5 Å². The molecule has 1 saturated heterocycles. The van der Waals surface area contributed by atoms with Crippen LogP contribution in [0.25, 0.3) is 0 Å². The van der Waals surface area contributed by atoms with Crippen molar-refractivity contribution in [2.24, 2.45) is 0 Å². The third kappa shape index (κ3) is 4.56. The minimum Gasteiger partial charge on any atom is -0.339 e. The van der Waals surface area contributed by atoms with Crippen LogP contribution >= 0.6 is 11.3 Å². The van der Waals surface area contributed by atoms with E-state index in [1.807, 2.05) is 11.8 Å². The highest BCUT2D eigenvalue weighted by molar-refractivity contribution is 7.89. The van der Waals surface area contributed by atoms with Gasteiger partial charge in [0, 0.05) is 37.6 Å². The maximum Gasteiger partial charge on any atom is 0.243 e. The van der Waals surface area contributed by atoms with Crippen LogP contribution in [0.2, 0.25) is 0 Å². The lowest BCUT2D eigenvalue weighted by atomic mass is 9.89. The number of rotatable bonds is 5. The van der Waals surface area contributed by atoms with Gasteiger partial charge in [0.1, 0.15) is 0 Å². The summed E-state index contributed by atoms with van der Waals surface area (Å²) in [4.78, 5) is 19.5. The Morgan fingerprint density at radius 2 is 1.60 bits per heavy atom. The highest BCUT2D eigenvalue weighted by Crippen LogP contribution is 2.40. The van der Waals surface area contributed by atoms with Gasteiger partial charge in [0.15, 0.2) is 0 Å². The van der Waals surface area contributed by atoms with Crippen molar-refractivity contribution in [2.45, 2.75) is 37.2 Å². The van der Waals surface area contributed by atoms with Crippen molar-refractivity contribution in [3.63, 3.8) is 0 Å². The number of fused-ring (bicyclic) bond motifs is 1. The Morgan fingerprint density at radius 1 is 0.914 bits per heavy atom. The summed E-state index contributed by atoms with van der Waals surface area (Å²) in [6.07, 6.45) is 0.941. The predicted octanol–water partition coefficient (Wildman–Crippen LogP) is 3.93. The number of amides is 1. The van der Waals surface area contributed by atoms with Gasteiger partial charge in [0.25, 0.3) is 0 Å². The molecule has 8 heteroatoms. The summed E-state index contributed by atoms with van der Waals surface area (Å²) in [6, 6.07) is 18.9. The Labute approximate surface area is 211 Å². The molecule has 1 fully saturated rings. The summed E-state index contributed by atoms with van der Waals surface area (Å²) in [7, 11) is -3.54. The van der Waals surface area contributed by atoms with E-state index >= 15 is 0 Å². The van der Waals surface area contributed by atoms with Crippen LogP contribution in [0.15, 0.2) is 70.9 Å². The van der Waals surface area contributed by atoms with Crippen LogP contribution in [-0.2, 0) is 21.2 Å². The lowest BCUT2D eigenvalue weighted by Crippen LogP contribution is -2.56. The highest BCUT2D eigenvalue weighted by Gasteiger charge is 2.38. The van der Waals surface area contributed by atoms with Gasteiger partial charge < -0.3 is 4.90 Å². The molecule has 2 unspecified atom stereocenters. The van der Waals surface area contributed by atoms with Crippen LogP contribution in [0, 0.1) is 6.92 Å². The average molecular weight is 510 g/mol. The molecule has 1 aromatic heterocycles. The molecule has 3 heterocycles. The number of nitrogens with zero attached hydrogens (tertiary/aromatic N) is 3. The molecular formula is C27H31N3O3S2. The lowest BCUT2D eigenvalue weighted by molar-refractivity contribution is -0.138. The number of thiophene rings is 1. The summed E-state index contributed by atoms with van der Waals surface area (Å²) in [5.41, 5.74) is 3.76. The molecule has 0 radical (unpaired) electrons. The first kappa shape index (κ1) is 24.2. The van der Waals surface area contributed by atoms with E-state index in [0.29, 0.717) is 31.1 Å². The van der Waals surface area contributed by atoms with Crippen molar-refractivity contribution in [1.82, 2.24) is 14.1 Å². The van der Waals surface area contributed by atoms with Crippen molar-refractivity contribution in [1.29, 1.82) is 0 Å². The standard InChI is InChI=1S/C27H31N3O3S2/c1-20-8-6-7-11-23(20)26-24-13-19-34-25(24)12-14-30(26)21(2)27(31)28-15-17-29(18-16-28)35(32,33)22-9-4-3-5-10-22/h3-11,13,19,21,26H,12,14-18H2,1-2H3. The zero-order valence-corrected chi connectivity index (χ0v) is 21.8. The highest BCUT2D eigenvalue weighted by atomic mass is 32.2. The fourth-order valence-electron chi connectivity index (χ4n) is 5.29. The van der Waals surface area contributed by atoms with Crippen LogP contribution < -0.4 is 0 Å². The first-order chi connectivity index (χ1) is 16.9. The van der Waals surface area contributed by atoms with Gasteiger partial charge in [-0.1, -0.05) is 42.5 Å². The number of hydrogen-bond donors (Lipinski definition) is 0. The number of hydrogen-bond acceptors (Lipinski definition) is 5. The number of sulfonamides is 1. The molecule has 0 N–H and O–H groups in total. The Balaban J connectivity index is 1.33. The molecule has 2 atom stereocenters. The lowest BCUT2D eigenvalue weighted by Gasteiger charge is -2.42. The van der Waals surface area contributed by atoms with Gasteiger partial charge in [-0.15, -0.1) is 11.3 Å². The minimum atomic E-state index is -3.54. The second-order valence-electron chi connectivity index (χ2n) is 9.26. The second kappa shape index (κ2) is 9.85. The molecule has 2 aliphatic heterocycles. The smallest absolute Gasteiger partial charge is 0.243 e. The summed E-state index contributed by atoms with van der Waals surface area (Å²) in [5, 5.41) is 2.15. The fourth-order valence-corrected chi connectivity index (χ4v) is 7.64. The monoisotopic (exact) mass is 509 g/mol. The molecule has 0 spiro atoms. The van der Waals surface area contributed by atoms with E-state index in [4.69, 9.17) is 0 Å². The van der Waals surface area contributed by atoms with Gasteiger partial charge in [-0.25, -0.2) is 8.42 Å². The van der Waals surface area contributed by atoms with Gasteiger partial charge >= 0.3 is 0 Å². The largest absolute Gasteiger partial charge is 0.339 e. The molecule has 0 aliphatic carbocycles. The van der Waals surface area contributed by atoms with E-state index in [1.165, 1.54) is 25.9 Å². The summed E-state index contributed by atoms with van der Waals surface area (Å²) < 4.78 is 27.5. The normalized spacial score (nSPS) is 20.4. The van der Waals surface area contributed by atoms with Crippen LogP contribution in [0.1, 0.15) is 34.5 Å². The van der Waals surface area contributed by atoms with E-state index < -0.39 is 10.0 Å². The zero-order chi connectivity index (χ0) is 24.6. The number of carbonyl (C=O) groups excluding carboxylic acids is 1. The summed E-state index contributed by atoms with van der Waals surface area (Å²) in [5.74, 6) is 0.0685. The molecule has 0 bridgehead atoms. The number of aryl methyl sites for hydroxylation is 1. The molecule has 2 aromatic carbocycles. The van der Waals surface area contributed by atoms with Crippen LogP contribution in [0.3, 0.4) is 0 Å². The molecular weight excluding hydrogens is 478 g/mol. The number of carbonyl (C=O) groups is 1. The van der Waals surface area contributed by atoms with Crippen molar-refractivity contribution in [3.8, 4) is 0 Å². The molecule has 1 amide bonds. The van der Waals surface area contributed by atoms with E-state index in [1.54, 1.807) is 41.7 Å². The van der Waals surface area contributed by atoms with Gasteiger partial charge in [-0.3, -0.25) is 9.69 Å². The van der Waals surface area contributed by atoms with Crippen molar-refractivity contribution in [2.75, 3.05) is 32.7 Å². The minimum absolute atomic E-state index is 0.0462. The number of benzene rings is 2. The number of piperazine rings is 1. The van der Waals surface area contributed by atoms with Crippen LogP contribution in [0.4, 0.5) is 0 Å². The first-order valence-electron chi connectivity index (χ1n) is 12.1. The summed E-state index contributed by atoms with van der Waals surface area (Å²) in [6.45, 7) is 6.38. The molecule has 2 aliphatic rings. The fraction of sp³-hybridized carbons (Fsp3) is 0.370. The molecule has 6 nitrogen and oxygen atoms in total. The van der Waals surface area contributed by atoms with Crippen LogP contribution in [0.5, 0.6) is 0 Å². The van der Waals surface area contributed by atoms with Crippen molar-refractivity contribution in [3.05, 3.63) is 87.6 Å². The SMILES string of the molecule is Cc1ccccc1C1c2ccsc2CCN1C(C)C(=O)N1CCN(S(=O)(=O)c2ccccc2)CC1. The maximum absolute atomic E-state index is 13.7. The second-order valence-corrected chi connectivity index (χ2v) is 12.2. The maximum atomic E-state index is 13.7. The topological polar surface area (TPSA) is 60.9 Å². The first-order valence-corrected chi connectivity index (χ1v) is 14.4. The molecule has 3 aromatic rings. The molecule has 35 heavy (non-hydrogen) atoms. The van der Waals surface area contributed by atoms with E-state index in [2.05, 4.69) is 47.5 Å². The van der Waals surface area contributed by atoms with E-state index in [9.17, 15) is 13.2 Å². The Kier molecular flexibility index (Phi) is 6.81.